The third kappa shape index (κ3) is 3.75. The van der Waals surface area contributed by atoms with E-state index in [1.807, 2.05) is 0 Å². The molecule has 0 heterocycles. The van der Waals surface area contributed by atoms with Crippen molar-refractivity contribution in [3.05, 3.63) is 35.4 Å². The van der Waals surface area contributed by atoms with Crippen molar-refractivity contribution < 1.29 is 18.0 Å². The van der Waals surface area contributed by atoms with E-state index in [4.69, 9.17) is 0 Å². The van der Waals surface area contributed by atoms with Crippen molar-refractivity contribution in [2.75, 3.05) is 11.9 Å². The zero-order valence-corrected chi connectivity index (χ0v) is 12.4. The number of hydrogen-bond acceptors (Lipinski definition) is 1. The molecule has 2 nitrogen and oxygen atoms in total. The van der Waals surface area contributed by atoms with E-state index in [0.29, 0.717) is 6.54 Å². The predicted molar refractivity (Wildman–Crippen MR) is 73.9 cm³/mol. The summed E-state index contributed by atoms with van der Waals surface area (Å²) in [6.07, 6.45) is -1.19. The van der Waals surface area contributed by atoms with Crippen LogP contribution in [0, 0.1) is 5.41 Å². The van der Waals surface area contributed by atoms with Crippen LogP contribution in [0.5, 0.6) is 0 Å². The largest absolute Gasteiger partial charge is 0.416 e. The Labute approximate surface area is 123 Å². The maximum atomic E-state index is 12.4. The monoisotopic (exact) mass is 349 g/mol. The van der Waals surface area contributed by atoms with Gasteiger partial charge in [-0.2, -0.15) is 13.2 Å². The van der Waals surface area contributed by atoms with Crippen molar-refractivity contribution in [1.82, 2.24) is 5.32 Å². The SMILES string of the molecule is O=C(NCC1(CCBr)CC1)c1ccc(C(F)(F)F)cc1. The maximum Gasteiger partial charge on any atom is 0.416 e. The number of nitrogens with one attached hydrogen (secondary N) is 1. The molecule has 0 unspecified atom stereocenters. The zero-order valence-electron chi connectivity index (χ0n) is 10.8. The summed E-state index contributed by atoms with van der Waals surface area (Å²) in [6, 6.07) is 4.28. The molecular formula is C14H15BrF3NO. The molecule has 0 bridgehead atoms. The maximum absolute atomic E-state index is 12.4. The number of benzene rings is 1. The summed E-state index contributed by atoms with van der Waals surface area (Å²) in [5.41, 5.74) is -0.301. The molecule has 6 heteroatoms. The van der Waals surface area contributed by atoms with Gasteiger partial charge in [-0.15, -0.1) is 0 Å². The second-order valence-corrected chi connectivity index (χ2v) is 5.99. The lowest BCUT2D eigenvalue weighted by atomic mass is 10.0. The summed E-state index contributed by atoms with van der Waals surface area (Å²) in [5, 5.41) is 3.70. The van der Waals surface area contributed by atoms with Crippen molar-refractivity contribution in [3.63, 3.8) is 0 Å². The quantitative estimate of drug-likeness (QED) is 0.799. The number of hydrogen-bond donors (Lipinski definition) is 1. The van der Waals surface area contributed by atoms with Gasteiger partial charge in [-0.05, 0) is 48.9 Å². The molecule has 1 saturated carbocycles. The van der Waals surface area contributed by atoms with Crippen LogP contribution in [0.3, 0.4) is 0 Å². The number of carbonyl (C=O) groups is 1. The predicted octanol–water partition coefficient (Wildman–Crippen LogP) is 4.00. The molecule has 20 heavy (non-hydrogen) atoms. The zero-order chi connectivity index (χ0) is 14.8. The first-order chi connectivity index (χ1) is 9.36. The Balaban J connectivity index is 1.93. The minimum Gasteiger partial charge on any atom is -0.351 e. The molecule has 0 aliphatic heterocycles. The van der Waals surface area contributed by atoms with Gasteiger partial charge in [0.05, 0.1) is 5.56 Å². The van der Waals surface area contributed by atoms with Crippen molar-refractivity contribution in [2.45, 2.75) is 25.4 Å². The van der Waals surface area contributed by atoms with Gasteiger partial charge in [0.25, 0.3) is 5.91 Å². The van der Waals surface area contributed by atoms with Crippen LogP contribution in [-0.4, -0.2) is 17.8 Å². The lowest BCUT2D eigenvalue weighted by Crippen LogP contribution is -2.30. The third-order valence-corrected chi connectivity index (χ3v) is 4.08. The van der Waals surface area contributed by atoms with Crippen LogP contribution in [0.1, 0.15) is 35.2 Å². The van der Waals surface area contributed by atoms with Gasteiger partial charge >= 0.3 is 6.18 Å². The Hall–Kier alpha value is -1.04. The van der Waals surface area contributed by atoms with Crippen LogP contribution in [0.25, 0.3) is 0 Å². The first-order valence-corrected chi connectivity index (χ1v) is 7.50. The number of rotatable bonds is 5. The highest BCUT2D eigenvalue weighted by Gasteiger charge is 2.41. The van der Waals surface area contributed by atoms with Crippen molar-refractivity contribution in [1.29, 1.82) is 0 Å². The summed E-state index contributed by atoms with van der Waals surface area (Å²) < 4.78 is 37.2. The Kier molecular flexibility index (Phi) is 4.42. The lowest BCUT2D eigenvalue weighted by molar-refractivity contribution is -0.137. The van der Waals surface area contributed by atoms with E-state index in [2.05, 4.69) is 21.2 Å². The first-order valence-electron chi connectivity index (χ1n) is 6.38. The molecule has 0 saturated heterocycles. The molecule has 0 aromatic heterocycles. The van der Waals surface area contributed by atoms with E-state index in [0.717, 1.165) is 36.7 Å². The van der Waals surface area contributed by atoms with Gasteiger partial charge in [-0.1, -0.05) is 15.9 Å². The minimum atomic E-state index is -4.37. The summed E-state index contributed by atoms with van der Waals surface area (Å²) in [5.74, 6) is -0.320. The van der Waals surface area contributed by atoms with E-state index in [1.54, 1.807) is 0 Å². The molecule has 0 atom stereocenters. The molecule has 0 radical (unpaired) electrons. The van der Waals surface area contributed by atoms with Crippen LogP contribution in [0.4, 0.5) is 13.2 Å². The highest BCUT2D eigenvalue weighted by atomic mass is 79.9. The van der Waals surface area contributed by atoms with E-state index in [-0.39, 0.29) is 16.9 Å². The van der Waals surface area contributed by atoms with Gasteiger partial charge in [-0.3, -0.25) is 4.79 Å². The van der Waals surface area contributed by atoms with Crippen molar-refractivity contribution in [2.24, 2.45) is 5.41 Å². The van der Waals surface area contributed by atoms with Crippen LogP contribution in [0.2, 0.25) is 0 Å². The standard InChI is InChI=1S/C14H15BrF3NO/c15-8-7-13(5-6-13)9-19-12(20)10-1-3-11(4-2-10)14(16,17)18/h1-4H,5-9H2,(H,19,20). The van der Waals surface area contributed by atoms with Gasteiger partial charge in [0.1, 0.15) is 0 Å². The van der Waals surface area contributed by atoms with E-state index in [9.17, 15) is 18.0 Å². The van der Waals surface area contributed by atoms with Crippen LogP contribution >= 0.6 is 15.9 Å². The molecule has 1 aromatic rings. The third-order valence-electron chi connectivity index (χ3n) is 3.68. The van der Waals surface area contributed by atoms with Crippen molar-refractivity contribution >= 4 is 21.8 Å². The summed E-state index contributed by atoms with van der Waals surface area (Å²) in [4.78, 5) is 11.9. The Morgan fingerprint density at radius 2 is 1.85 bits per heavy atom. The van der Waals surface area contributed by atoms with Crippen LogP contribution in [0.15, 0.2) is 24.3 Å². The fraction of sp³-hybridized carbons (Fsp3) is 0.500. The average Bonchev–Trinajstić information content (AvgIpc) is 3.16. The van der Waals surface area contributed by atoms with Crippen LogP contribution < -0.4 is 5.32 Å². The highest BCUT2D eigenvalue weighted by molar-refractivity contribution is 9.09. The fourth-order valence-corrected chi connectivity index (χ4v) is 2.91. The first kappa shape index (κ1) is 15.4. The molecule has 0 spiro atoms. The number of halogens is 4. The molecule has 1 aliphatic rings. The average molecular weight is 350 g/mol. The topological polar surface area (TPSA) is 29.1 Å². The molecule has 1 amide bonds. The Morgan fingerprint density at radius 1 is 1.25 bits per heavy atom. The molecular weight excluding hydrogens is 335 g/mol. The molecule has 1 aliphatic carbocycles. The highest BCUT2D eigenvalue weighted by Crippen LogP contribution is 2.48. The number of alkyl halides is 4. The summed E-state index contributed by atoms with van der Waals surface area (Å²) in [6.45, 7) is 0.582. The van der Waals surface area contributed by atoms with E-state index >= 15 is 0 Å². The smallest absolute Gasteiger partial charge is 0.351 e. The molecule has 2 rings (SSSR count). The van der Waals surface area contributed by atoms with E-state index in [1.165, 1.54) is 12.1 Å². The molecule has 1 aromatic carbocycles. The minimum absolute atomic E-state index is 0.186. The van der Waals surface area contributed by atoms with Gasteiger partial charge in [0.15, 0.2) is 0 Å². The molecule has 1 N–H and O–H groups in total. The van der Waals surface area contributed by atoms with Gasteiger partial charge < -0.3 is 5.32 Å². The van der Waals surface area contributed by atoms with Crippen LogP contribution in [-0.2, 0) is 6.18 Å². The fourth-order valence-electron chi connectivity index (χ4n) is 2.07. The Bertz CT molecular complexity index is 480. The second kappa shape index (κ2) is 5.76. The Morgan fingerprint density at radius 3 is 2.30 bits per heavy atom. The molecule has 1 fully saturated rings. The van der Waals surface area contributed by atoms with E-state index < -0.39 is 11.7 Å². The summed E-state index contributed by atoms with van der Waals surface area (Å²) >= 11 is 3.38. The lowest BCUT2D eigenvalue weighted by Gasteiger charge is -2.14. The summed E-state index contributed by atoms with van der Waals surface area (Å²) in [7, 11) is 0. The number of amides is 1. The number of carbonyl (C=O) groups excluding carboxylic acids is 1. The normalized spacial score (nSPS) is 16.8. The molecule has 110 valence electrons. The van der Waals surface area contributed by atoms with Crippen molar-refractivity contribution in [3.8, 4) is 0 Å². The van der Waals surface area contributed by atoms with Gasteiger partial charge in [0, 0.05) is 17.4 Å². The second-order valence-electron chi connectivity index (χ2n) is 5.20. The van der Waals surface area contributed by atoms with Gasteiger partial charge in [0.2, 0.25) is 0 Å². The van der Waals surface area contributed by atoms with Gasteiger partial charge in [-0.25, -0.2) is 0 Å².